The third-order valence-corrected chi connectivity index (χ3v) is 2.37. The van der Waals surface area contributed by atoms with Crippen molar-refractivity contribution in [3.05, 3.63) is 29.8 Å². The number of carbonyl (C=O) groups is 2. The summed E-state index contributed by atoms with van der Waals surface area (Å²) < 4.78 is 0. The van der Waals surface area contributed by atoms with Crippen LogP contribution in [0.2, 0.25) is 0 Å². The first kappa shape index (κ1) is 14.0. The van der Waals surface area contributed by atoms with Crippen LogP contribution in [0.25, 0.3) is 0 Å². The molecule has 0 bridgehead atoms. The molecule has 0 aromatic heterocycles. The standard InChI is InChI=1S/C12H16N2O4/c1-12(18,6-10(15)16)7-14-11(17)8-4-2-3-5-9(8)13/h2-5,18H,6-7,13H2,1H3,(H,14,17)(H,15,16). The molecule has 0 aliphatic rings. The van der Waals surface area contributed by atoms with Gasteiger partial charge in [0.05, 0.1) is 17.6 Å². The monoisotopic (exact) mass is 252 g/mol. The number of nitrogen functional groups attached to an aromatic ring is 1. The molecule has 0 heterocycles. The van der Waals surface area contributed by atoms with Gasteiger partial charge in [0.1, 0.15) is 0 Å². The minimum Gasteiger partial charge on any atom is -0.481 e. The zero-order valence-electron chi connectivity index (χ0n) is 10.0. The Morgan fingerprint density at radius 1 is 1.39 bits per heavy atom. The maximum Gasteiger partial charge on any atom is 0.306 e. The number of aliphatic hydroxyl groups is 1. The predicted molar refractivity (Wildman–Crippen MR) is 66.1 cm³/mol. The van der Waals surface area contributed by atoms with Gasteiger partial charge in [-0.1, -0.05) is 12.1 Å². The van der Waals surface area contributed by atoms with Gasteiger partial charge in [-0.25, -0.2) is 0 Å². The molecule has 5 N–H and O–H groups in total. The number of nitrogens with one attached hydrogen (secondary N) is 1. The van der Waals surface area contributed by atoms with Crippen molar-refractivity contribution >= 4 is 17.6 Å². The summed E-state index contributed by atoms with van der Waals surface area (Å²) in [7, 11) is 0. The van der Waals surface area contributed by atoms with Crippen molar-refractivity contribution in [2.45, 2.75) is 18.9 Å². The molecular formula is C12H16N2O4. The summed E-state index contributed by atoms with van der Waals surface area (Å²) in [5, 5.41) is 20.8. The first-order chi connectivity index (χ1) is 8.32. The van der Waals surface area contributed by atoms with Crippen LogP contribution in [0.1, 0.15) is 23.7 Å². The summed E-state index contributed by atoms with van der Waals surface area (Å²) in [6.07, 6.45) is -0.447. The van der Waals surface area contributed by atoms with Crippen LogP contribution in [0, 0.1) is 0 Å². The predicted octanol–water partition coefficient (Wildman–Crippen LogP) is 0.224. The molecule has 0 aliphatic carbocycles. The fourth-order valence-electron chi connectivity index (χ4n) is 1.46. The van der Waals surface area contributed by atoms with E-state index in [-0.39, 0.29) is 6.54 Å². The number of anilines is 1. The Morgan fingerprint density at radius 3 is 2.56 bits per heavy atom. The average Bonchev–Trinajstić information content (AvgIpc) is 2.25. The van der Waals surface area contributed by atoms with Crippen LogP contribution in [0.5, 0.6) is 0 Å². The first-order valence-electron chi connectivity index (χ1n) is 5.39. The number of carboxylic acid groups (broad SMARTS) is 1. The Balaban J connectivity index is 2.62. The third kappa shape index (κ3) is 4.06. The van der Waals surface area contributed by atoms with Crippen molar-refractivity contribution in [1.82, 2.24) is 5.32 Å². The van der Waals surface area contributed by atoms with Gasteiger partial charge >= 0.3 is 5.97 Å². The van der Waals surface area contributed by atoms with E-state index in [0.29, 0.717) is 11.3 Å². The highest BCUT2D eigenvalue weighted by atomic mass is 16.4. The summed E-state index contributed by atoms with van der Waals surface area (Å²) in [5.41, 5.74) is 4.75. The van der Waals surface area contributed by atoms with E-state index in [1.807, 2.05) is 0 Å². The zero-order chi connectivity index (χ0) is 13.8. The third-order valence-electron chi connectivity index (χ3n) is 2.37. The molecule has 6 heteroatoms. The lowest BCUT2D eigenvalue weighted by Gasteiger charge is -2.21. The lowest BCUT2D eigenvalue weighted by atomic mass is 10.0. The largest absolute Gasteiger partial charge is 0.481 e. The van der Waals surface area contributed by atoms with E-state index >= 15 is 0 Å². The van der Waals surface area contributed by atoms with E-state index in [1.165, 1.54) is 6.92 Å². The number of nitrogens with two attached hydrogens (primary N) is 1. The van der Waals surface area contributed by atoms with Crippen LogP contribution >= 0.6 is 0 Å². The van der Waals surface area contributed by atoms with Crippen molar-refractivity contribution in [1.29, 1.82) is 0 Å². The lowest BCUT2D eigenvalue weighted by Crippen LogP contribution is -2.42. The van der Waals surface area contributed by atoms with Gasteiger partial charge in [0.15, 0.2) is 0 Å². The first-order valence-corrected chi connectivity index (χ1v) is 5.39. The van der Waals surface area contributed by atoms with Gasteiger partial charge in [0.2, 0.25) is 0 Å². The second-order valence-corrected chi connectivity index (χ2v) is 4.34. The van der Waals surface area contributed by atoms with Crippen molar-refractivity contribution in [3.8, 4) is 0 Å². The molecule has 1 aromatic carbocycles. The number of benzene rings is 1. The second-order valence-electron chi connectivity index (χ2n) is 4.34. The van der Waals surface area contributed by atoms with Crippen molar-refractivity contribution in [3.63, 3.8) is 0 Å². The highest BCUT2D eigenvalue weighted by Crippen LogP contribution is 2.12. The molecule has 1 amide bonds. The molecule has 0 saturated carbocycles. The summed E-state index contributed by atoms with van der Waals surface area (Å²) in [6.45, 7) is 1.18. The van der Waals surface area contributed by atoms with Crippen molar-refractivity contribution in [2.24, 2.45) is 0 Å². The Bertz CT molecular complexity index is 457. The van der Waals surface area contributed by atoms with Gasteiger partial charge in [0, 0.05) is 12.2 Å². The minimum absolute atomic E-state index is 0.160. The molecule has 1 aromatic rings. The fraction of sp³-hybridized carbons (Fsp3) is 0.333. The average molecular weight is 252 g/mol. The van der Waals surface area contributed by atoms with Gasteiger partial charge in [-0.2, -0.15) is 0 Å². The van der Waals surface area contributed by atoms with E-state index in [4.69, 9.17) is 10.8 Å². The molecule has 98 valence electrons. The molecule has 18 heavy (non-hydrogen) atoms. The van der Waals surface area contributed by atoms with Gasteiger partial charge < -0.3 is 21.3 Å². The molecule has 6 nitrogen and oxygen atoms in total. The van der Waals surface area contributed by atoms with E-state index in [2.05, 4.69) is 5.32 Å². The summed E-state index contributed by atoms with van der Waals surface area (Å²) >= 11 is 0. The Morgan fingerprint density at radius 2 is 2.00 bits per heavy atom. The normalized spacial score (nSPS) is 13.7. The summed E-state index contributed by atoms with van der Waals surface area (Å²) in [5.74, 6) is -1.58. The van der Waals surface area contributed by atoms with E-state index in [0.717, 1.165) is 0 Å². The number of para-hydroxylation sites is 1. The topological polar surface area (TPSA) is 113 Å². The minimum atomic E-state index is -1.50. The van der Waals surface area contributed by atoms with E-state index in [9.17, 15) is 14.7 Å². The smallest absolute Gasteiger partial charge is 0.306 e. The molecule has 0 aliphatic heterocycles. The Labute approximate surface area is 104 Å². The summed E-state index contributed by atoms with van der Waals surface area (Å²) in [4.78, 5) is 22.2. The zero-order valence-corrected chi connectivity index (χ0v) is 10.0. The highest BCUT2D eigenvalue weighted by Gasteiger charge is 2.25. The molecule has 0 radical (unpaired) electrons. The second kappa shape index (κ2) is 5.50. The van der Waals surface area contributed by atoms with Crippen LogP contribution in [0.4, 0.5) is 5.69 Å². The fourth-order valence-corrected chi connectivity index (χ4v) is 1.46. The van der Waals surface area contributed by atoms with Gasteiger partial charge in [-0.15, -0.1) is 0 Å². The number of carboxylic acids is 1. The number of aliphatic carboxylic acids is 1. The van der Waals surface area contributed by atoms with Crippen LogP contribution in [0.3, 0.4) is 0 Å². The summed E-state index contributed by atoms with van der Waals surface area (Å²) in [6, 6.07) is 6.51. The van der Waals surface area contributed by atoms with Crippen LogP contribution in [-0.4, -0.2) is 34.2 Å². The molecule has 1 rings (SSSR count). The van der Waals surface area contributed by atoms with Crippen LogP contribution in [0.15, 0.2) is 24.3 Å². The number of rotatable bonds is 5. The number of hydrogen-bond donors (Lipinski definition) is 4. The molecule has 0 saturated heterocycles. The van der Waals surface area contributed by atoms with Gasteiger partial charge in [0.25, 0.3) is 5.91 Å². The molecule has 0 fully saturated rings. The van der Waals surface area contributed by atoms with Crippen molar-refractivity contribution < 1.29 is 19.8 Å². The molecule has 1 atom stereocenters. The van der Waals surface area contributed by atoms with Crippen LogP contribution in [-0.2, 0) is 4.79 Å². The maximum absolute atomic E-state index is 11.7. The molecule has 1 unspecified atom stereocenters. The Hall–Kier alpha value is -2.08. The highest BCUT2D eigenvalue weighted by molar-refractivity contribution is 5.99. The van der Waals surface area contributed by atoms with Gasteiger partial charge in [-0.05, 0) is 19.1 Å². The number of carbonyl (C=O) groups excluding carboxylic acids is 1. The van der Waals surface area contributed by atoms with Crippen LogP contribution < -0.4 is 11.1 Å². The quantitative estimate of drug-likeness (QED) is 0.560. The van der Waals surface area contributed by atoms with E-state index < -0.39 is 23.9 Å². The lowest BCUT2D eigenvalue weighted by molar-refractivity contribution is -0.141. The molecule has 0 spiro atoms. The van der Waals surface area contributed by atoms with Crippen molar-refractivity contribution in [2.75, 3.05) is 12.3 Å². The number of amides is 1. The molecular weight excluding hydrogens is 236 g/mol. The Kier molecular flexibility index (Phi) is 4.28. The maximum atomic E-state index is 11.7. The SMILES string of the molecule is CC(O)(CNC(=O)c1ccccc1N)CC(=O)O. The van der Waals surface area contributed by atoms with E-state index in [1.54, 1.807) is 24.3 Å². The number of hydrogen-bond acceptors (Lipinski definition) is 4. The van der Waals surface area contributed by atoms with Gasteiger partial charge in [-0.3, -0.25) is 9.59 Å².